The van der Waals surface area contributed by atoms with Crippen LogP contribution in [0, 0.1) is 13.8 Å². The predicted molar refractivity (Wildman–Crippen MR) is 98.8 cm³/mol. The molecule has 26 heavy (non-hydrogen) atoms. The third kappa shape index (κ3) is 5.68. The van der Waals surface area contributed by atoms with Gasteiger partial charge < -0.3 is 9.84 Å². The number of rotatable bonds is 7. The summed E-state index contributed by atoms with van der Waals surface area (Å²) in [6.07, 6.45) is -3.89. The Hall–Kier alpha value is -1.66. The number of aryl methyl sites for hydroxylation is 2. The van der Waals surface area contributed by atoms with Crippen molar-refractivity contribution in [2.45, 2.75) is 43.9 Å². The van der Waals surface area contributed by atoms with Crippen molar-refractivity contribution in [2.75, 3.05) is 12.4 Å². The molecule has 0 saturated carbocycles. The highest BCUT2D eigenvalue weighted by Gasteiger charge is 2.30. The molecule has 2 aromatic rings. The number of alkyl halides is 3. The maximum Gasteiger partial charge on any atom is 0.416 e. The maximum atomic E-state index is 12.6. The lowest BCUT2D eigenvalue weighted by Gasteiger charge is -2.26. The number of hydrogen-bond acceptors (Lipinski definition) is 3. The molecule has 0 aromatic heterocycles. The van der Waals surface area contributed by atoms with E-state index in [1.807, 2.05) is 32.9 Å². The van der Waals surface area contributed by atoms with Gasteiger partial charge in [-0.15, -0.1) is 11.8 Å². The van der Waals surface area contributed by atoms with E-state index in [0.29, 0.717) is 17.9 Å². The number of thioether (sulfide) groups is 1. The molecule has 2 aromatic carbocycles. The lowest BCUT2D eigenvalue weighted by atomic mass is 10.1. The van der Waals surface area contributed by atoms with Crippen molar-refractivity contribution in [3.8, 4) is 5.75 Å². The molecule has 0 aliphatic carbocycles. The van der Waals surface area contributed by atoms with Crippen molar-refractivity contribution < 1.29 is 23.0 Å². The van der Waals surface area contributed by atoms with E-state index in [4.69, 9.17) is 4.74 Å². The summed E-state index contributed by atoms with van der Waals surface area (Å²) in [6.45, 7) is 5.97. The Morgan fingerprint density at radius 1 is 1.00 bits per heavy atom. The van der Waals surface area contributed by atoms with Crippen LogP contribution < -0.4 is 4.74 Å². The van der Waals surface area contributed by atoms with Crippen LogP contribution in [0.5, 0.6) is 5.75 Å². The normalized spacial score (nSPS) is 14.1. The zero-order chi connectivity index (χ0) is 19.4. The number of hydrogen-bond donors (Lipinski definition) is 1. The molecule has 2 nitrogen and oxygen atoms in total. The zero-order valence-corrected chi connectivity index (χ0v) is 15.9. The molecule has 0 aliphatic rings. The molecule has 0 bridgehead atoms. The van der Waals surface area contributed by atoms with Gasteiger partial charge in [-0.05, 0) is 67.8 Å². The highest BCUT2D eigenvalue weighted by molar-refractivity contribution is 7.99. The van der Waals surface area contributed by atoms with Crippen LogP contribution in [0.15, 0.2) is 47.4 Å². The molecule has 2 rings (SSSR count). The Morgan fingerprint density at radius 3 is 2.19 bits per heavy atom. The third-order valence-corrected chi connectivity index (χ3v) is 5.60. The summed E-state index contributed by atoms with van der Waals surface area (Å²) < 4.78 is 43.3. The minimum absolute atomic E-state index is 0.0205. The minimum Gasteiger partial charge on any atom is -0.491 e. The van der Waals surface area contributed by atoms with Crippen molar-refractivity contribution >= 4 is 11.8 Å². The molecule has 1 N–H and O–H groups in total. The van der Waals surface area contributed by atoms with E-state index < -0.39 is 17.3 Å². The van der Waals surface area contributed by atoms with Crippen molar-refractivity contribution in [3.63, 3.8) is 0 Å². The largest absolute Gasteiger partial charge is 0.491 e. The fraction of sp³-hybridized carbons (Fsp3) is 0.400. The Morgan fingerprint density at radius 2 is 1.65 bits per heavy atom. The van der Waals surface area contributed by atoms with Crippen LogP contribution in [0.1, 0.15) is 30.0 Å². The van der Waals surface area contributed by atoms with E-state index >= 15 is 0 Å². The first-order valence-corrected chi connectivity index (χ1v) is 9.34. The Bertz CT molecular complexity index is 729. The maximum absolute atomic E-state index is 12.6. The van der Waals surface area contributed by atoms with Gasteiger partial charge in [0.1, 0.15) is 18.0 Å². The molecule has 1 atom stereocenters. The van der Waals surface area contributed by atoms with E-state index in [2.05, 4.69) is 6.07 Å². The molecule has 0 fully saturated rings. The van der Waals surface area contributed by atoms with E-state index in [1.165, 1.54) is 35.0 Å². The van der Waals surface area contributed by atoms with E-state index in [9.17, 15) is 18.3 Å². The molecule has 0 heterocycles. The first-order valence-electron chi connectivity index (χ1n) is 8.35. The summed E-state index contributed by atoms with van der Waals surface area (Å²) in [5.41, 5.74) is 0.620. The van der Waals surface area contributed by atoms with Gasteiger partial charge in [-0.2, -0.15) is 13.2 Å². The van der Waals surface area contributed by atoms with Gasteiger partial charge in [0.15, 0.2) is 0 Å². The summed E-state index contributed by atoms with van der Waals surface area (Å²) in [7, 11) is 0. The summed E-state index contributed by atoms with van der Waals surface area (Å²) in [4.78, 5) is 1.06. The van der Waals surface area contributed by atoms with Gasteiger partial charge in [0.05, 0.1) is 5.56 Å². The Balaban J connectivity index is 1.95. The fourth-order valence-corrected chi connectivity index (χ4v) is 3.37. The Labute approximate surface area is 156 Å². The minimum atomic E-state index is -4.37. The SMILES string of the molecule is CCC(O)(COc1ccc(C(F)(F)F)cc1)CSc1ccc(C)c(C)c1. The predicted octanol–water partition coefficient (Wildman–Crippen LogP) is 5.63. The molecule has 0 spiro atoms. The highest BCUT2D eigenvalue weighted by atomic mass is 32.2. The number of aliphatic hydroxyl groups is 1. The molecular formula is C20H23F3O2S. The number of ether oxygens (including phenoxy) is 1. The van der Waals surface area contributed by atoms with Crippen LogP contribution in [0.25, 0.3) is 0 Å². The molecule has 0 aliphatic heterocycles. The monoisotopic (exact) mass is 384 g/mol. The zero-order valence-electron chi connectivity index (χ0n) is 15.1. The quantitative estimate of drug-likeness (QED) is 0.627. The van der Waals surface area contributed by atoms with Gasteiger partial charge in [-0.1, -0.05) is 13.0 Å². The van der Waals surface area contributed by atoms with E-state index in [-0.39, 0.29) is 6.61 Å². The first-order chi connectivity index (χ1) is 12.1. The van der Waals surface area contributed by atoms with Gasteiger partial charge in [0.2, 0.25) is 0 Å². The lowest BCUT2D eigenvalue weighted by molar-refractivity contribution is -0.137. The van der Waals surface area contributed by atoms with Crippen LogP contribution in [0.3, 0.4) is 0 Å². The standard InChI is InChI=1S/C20H23F3O2S/c1-4-19(24,13-26-18-10-5-14(2)15(3)11-18)12-25-17-8-6-16(7-9-17)20(21,22)23/h5-11,24H,4,12-13H2,1-3H3. The average molecular weight is 384 g/mol. The smallest absolute Gasteiger partial charge is 0.416 e. The molecule has 0 amide bonds. The number of benzene rings is 2. The van der Waals surface area contributed by atoms with Crippen molar-refractivity contribution in [3.05, 3.63) is 59.2 Å². The van der Waals surface area contributed by atoms with Crippen molar-refractivity contribution in [1.29, 1.82) is 0 Å². The van der Waals surface area contributed by atoms with Crippen LogP contribution in [0.2, 0.25) is 0 Å². The van der Waals surface area contributed by atoms with E-state index in [0.717, 1.165) is 17.0 Å². The Kier molecular flexibility index (Phi) is 6.64. The molecule has 1 unspecified atom stereocenters. The van der Waals surface area contributed by atoms with Crippen LogP contribution in [-0.4, -0.2) is 23.1 Å². The molecule has 142 valence electrons. The molecular weight excluding hydrogens is 361 g/mol. The molecule has 0 saturated heterocycles. The first kappa shape index (κ1) is 20.6. The number of halogens is 3. The molecule has 6 heteroatoms. The van der Waals surface area contributed by atoms with Crippen LogP contribution >= 0.6 is 11.8 Å². The molecule has 0 radical (unpaired) electrons. The lowest BCUT2D eigenvalue weighted by Crippen LogP contribution is -2.38. The third-order valence-electron chi connectivity index (χ3n) is 4.33. The topological polar surface area (TPSA) is 29.5 Å². The second-order valence-electron chi connectivity index (χ2n) is 6.42. The summed E-state index contributed by atoms with van der Waals surface area (Å²) in [6, 6.07) is 10.6. The summed E-state index contributed by atoms with van der Waals surface area (Å²) >= 11 is 1.54. The van der Waals surface area contributed by atoms with Gasteiger partial charge in [0, 0.05) is 10.6 Å². The second-order valence-corrected chi connectivity index (χ2v) is 7.47. The van der Waals surface area contributed by atoms with Gasteiger partial charge in [-0.3, -0.25) is 0 Å². The highest BCUT2D eigenvalue weighted by Crippen LogP contribution is 2.31. The van der Waals surface area contributed by atoms with Gasteiger partial charge in [0.25, 0.3) is 0 Å². The van der Waals surface area contributed by atoms with E-state index in [1.54, 1.807) is 0 Å². The van der Waals surface area contributed by atoms with Crippen LogP contribution in [-0.2, 0) is 6.18 Å². The fourth-order valence-electron chi connectivity index (χ4n) is 2.22. The van der Waals surface area contributed by atoms with Crippen LogP contribution in [0.4, 0.5) is 13.2 Å². The summed E-state index contributed by atoms with van der Waals surface area (Å²) in [5.74, 6) is 0.744. The second kappa shape index (κ2) is 8.35. The average Bonchev–Trinajstić information content (AvgIpc) is 2.60. The van der Waals surface area contributed by atoms with Crippen molar-refractivity contribution in [1.82, 2.24) is 0 Å². The van der Waals surface area contributed by atoms with Gasteiger partial charge in [-0.25, -0.2) is 0 Å². The van der Waals surface area contributed by atoms with Gasteiger partial charge >= 0.3 is 6.18 Å². The summed E-state index contributed by atoms with van der Waals surface area (Å²) in [5, 5.41) is 10.7. The van der Waals surface area contributed by atoms with Crippen molar-refractivity contribution in [2.24, 2.45) is 0 Å².